The molecule has 1 aliphatic rings. The zero-order chi connectivity index (χ0) is 12.4. The predicted molar refractivity (Wildman–Crippen MR) is 71.6 cm³/mol. The lowest BCUT2D eigenvalue weighted by molar-refractivity contribution is 0.167. The quantitative estimate of drug-likeness (QED) is 0.825. The Morgan fingerprint density at radius 2 is 1.83 bits per heavy atom. The minimum Gasteiger partial charge on any atom is -0.493 e. The molecule has 0 saturated heterocycles. The van der Waals surface area contributed by atoms with Gasteiger partial charge in [0, 0.05) is 5.56 Å². The number of fused-ring (bicyclic) bond motifs is 1. The van der Waals surface area contributed by atoms with E-state index < -0.39 is 6.10 Å². The Bertz CT molecular complexity index is 534. The largest absolute Gasteiger partial charge is 0.493 e. The van der Waals surface area contributed by atoms with Crippen LogP contribution in [0, 0.1) is 0 Å². The van der Waals surface area contributed by atoms with E-state index in [2.05, 4.69) is 12.1 Å². The smallest absolute Gasteiger partial charge is 0.125 e. The van der Waals surface area contributed by atoms with Crippen LogP contribution in [0.1, 0.15) is 24.5 Å². The summed E-state index contributed by atoms with van der Waals surface area (Å²) < 4.78 is 5.65. The molecule has 1 atom stereocenters. The SMILES string of the molecule is O[C@@H]1CCCOc2ccc(-c3ccccc3)cc21. The summed E-state index contributed by atoms with van der Waals surface area (Å²) in [5.74, 6) is 0.819. The van der Waals surface area contributed by atoms with Gasteiger partial charge in [-0.3, -0.25) is 0 Å². The van der Waals surface area contributed by atoms with Gasteiger partial charge in [-0.25, -0.2) is 0 Å². The molecule has 0 aromatic heterocycles. The van der Waals surface area contributed by atoms with Gasteiger partial charge >= 0.3 is 0 Å². The van der Waals surface area contributed by atoms with Gasteiger partial charge in [-0.2, -0.15) is 0 Å². The second kappa shape index (κ2) is 4.83. The first-order valence-corrected chi connectivity index (χ1v) is 6.35. The Morgan fingerprint density at radius 3 is 2.67 bits per heavy atom. The number of rotatable bonds is 1. The minimum absolute atomic E-state index is 0.411. The second-order valence-electron chi connectivity index (χ2n) is 4.63. The van der Waals surface area contributed by atoms with Crippen molar-refractivity contribution in [3.8, 4) is 16.9 Å². The number of benzene rings is 2. The van der Waals surface area contributed by atoms with E-state index in [-0.39, 0.29) is 0 Å². The third-order valence-corrected chi connectivity index (χ3v) is 3.36. The van der Waals surface area contributed by atoms with Crippen molar-refractivity contribution >= 4 is 0 Å². The summed E-state index contributed by atoms with van der Waals surface area (Å²) >= 11 is 0. The van der Waals surface area contributed by atoms with Crippen molar-refractivity contribution in [2.24, 2.45) is 0 Å². The Morgan fingerprint density at radius 1 is 1.00 bits per heavy atom. The Labute approximate surface area is 107 Å². The topological polar surface area (TPSA) is 29.5 Å². The van der Waals surface area contributed by atoms with E-state index in [0.29, 0.717) is 6.61 Å². The standard InChI is InChI=1S/C16H16O2/c17-15-7-4-10-18-16-9-8-13(11-14(15)16)12-5-2-1-3-6-12/h1-3,5-6,8-9,11,15,17H,4,7,10H2/t15-/m1/s1. The summed E-state index contributed by atoms with van der Waals surface area (Å²) in [4.78, 5) is 0. The van der Waals surface area contributed by atoms with Crippen molar-refractivity contribution < 1.29 is 9.84 Å². The molecular formula is C16H16O2. The molecule has 0 amide bonds. The molecule has 2 aromatic rings. The van der Waals surface area contributed by atoms with Crippen LogP contribution >= 0.6 is 0 Å². The van der Waals surface area contributed by atoms with Crippen LogP contribution in [0.3, 0.4) is 0 Å². The zero-order valence-electron chi connectivity index (χ0n) is 10.2. The fourth-order valence-corrected chi connectivity index (χ4v) is 2.36. The van der Waals surface area contributed by atoms with E-state index >= 15 is 0 Å². The molecule has 2 nitrogen and oxygen atoms in total. The van der Waals surface area contributed by atoms with Crippen molar-refractivity contribution in [1.82, 2.24) is 0 Å². The van der Waals surface area contributed by atoms with Gasteiger partial charge in [0.2, 0.25) is 0 Å². The highest BCUT2D eigenvalue weighted by Crippen LogP contribution is 2.34. The lowest BCUT2D eigenvalue weighted by Gasteiger charge is -2.13. The Kier molecular flexibility index (Phi) is 3.03. The maximum atomic E-state index is 10.1. The first-order chi connectivity index (χ1) is 8.84. The van der Waals surface area contributed by atoms with Gasteiger partial charge in [0.25, 0.3) is 0 Å². The van der Waals surface area contributed by atoms with Crippen LogP contribution < -0.4 is 4.74 Å². The monoisotopic (exact) mass is 240 g/mol. The van der Waals surface area contributed by atoms with Gasteiger partial charge in [0.15, 0.2) is 0 Å². The van der Waals surface area contributed by atoms with E-state index in [1.54, 1.807) is 0 Å². The lowest BCUT2D eigenvalue weighted by Crippen LogP contribution is -1.96. The number of hydrogen-bond donors (Lipinski definition) is 1. The molecular weight excluding hydrogens is 224 g/mol. The normalized spacial score (nSPS) is 18.6. The Balaban J connectivity index is 2.04. The van der Waals surface area contributed by atoms with E-state index in [9.17, 15) is 5.11 Å². The zero-order valence-corrected chi connectivity index (χ0v) is 10.2. The molecule has 1 N–H and O–H groups in total. The van der Waals surface area contributed by atoms with Crippen LogP contribution in [0.25, 0.3) is 11.1 Å². The molecule has 18 heavy (non-hydrogen) atoms. The number of ether oxygens (including phenoxy) is 1. The van der Waals surface area contributed by atoms with Gasteiger partial charge in [0.05, 0.1) is 12.7 Å². The summed E-state index contributed by atoms with van der Waals surface area (Å²) in [6.45, 7) is 0.689. The van der Waals surface area contributed by atoms with E-state index in [4.69, 9.17) is 4.74 Å². The average molecular weight is 240 g/mol. The van der Waals surface area contributed by atoms with Gasteiger partial charge in [-0.1, -0.05) is 36.4 Å². The molecule has 0 unspecified atom stereocenters. The number of aliphatic hydroxyl groups excluding tert-OH is 1. The van der Waals surface area contributed by atoms with E-state index in [1.807, 2.05) is 36.4 Å². The molecule has 0 saturated carbocycles. The summed E-state index contributed by atoms with van der Waals surface area (Å²) in [5.41, 5.74) is 3.20. The molecule has 0 fully saturated rings. The summed E-state index contributed by atoms with van der Waals surface area (Å²) in [6, 6.07) is 16.3. The first-order valence-electron chi connectivity index (χ1n) is 6.35. The van der Waals surface area contributed by atoms with Crippen LogP contribution in [0.15, 0.2) is 48.5 Å². The maximum absolute atomic E-state index is 10.1. The van der Waals surface area contributed by atoms with Gasteiger partial charge in [0.1, 0.15) is 5.75 Å². The van der Waals surface area contributed by atoms with Crippen LogP contribution in [0.2, 0.25) is 0 Å². The van der Waals surface area contributed by atoms with Gasteiger partial charge < -0.3 is 9.84 Å². The molecule has 2 heteroatoms. The Hall–Kier alpha value is -1.80. The van der Waals surface area contributed by atoms with Crippen LogP contribution in [0.5, 0.6) is 5.75 Å². The highest BCUT2D eigenvalue weighted by Gasteiger charge is 2.17. The first kappa shape index (κ1) is 11.3. The van der Waals surface area contributed by atoms with E-state index in [1.165, 1.54) is 0 Å². The molecule has 0 bridgehead atoms. The van der Waals surface area contributed by atoms with Gasteiger partial charge in [-0.15, -0.1) is 0 Å². The van der Waals surface area contributed by atoms with E-state index in [0.717, 1.165) is 35.3 Å². The fraction of sp³-hybridized carbons (Fsp3) is 0.250. The lowest BCUT2D eigenvalue weighted by atomic mass is 9.98. The maximum Gasteiger partial charge on any atom is 0.125 e. The van der Waals surface area contributed by atoms with Gasteiger partial charge in [-0.05, 0) is 36.1 Å². The molecule has 0 radical (unpaired) electrons. The third kappa shape index (κ3) is 2.12. The highest BCUT2D eigenvalue weighted by atomic mass is 16.5. The van der Waals surface area contributed by atoms with Crippen molar-refractivity contribution in [2.45, 2.75) is 18.9 Å². The fourth-order valence-electron chi connectivity index (χ4n) is 2.36. The molecule has 0 aliphatic carbocycles. The second-order valence-corrected chi connectivity index (χ2v) is 4.63. The highest BCUT2D eigenvalue weighted by molar-refractivity contribution is 5.65. The molecule has 2 aromatic carbocycles. The number of hydrogen-bond acceptors (Lipinski definition) is 2. The van der Waals surface area contributed by atoms with Crippen molar-refractivity contribution in [3.05, 3.63) is 54.1 Å². The molecule has 1 aliphatic heterocycles. The summed E-state index contributed by atoms with van der Waals surface area (Å²) in [7, 11) is 0. The summed E-state index contributed by atoms with van der Waals surface area (Å²) in [6.07, 6.45) is 1.26. The molecule has 0 spiro atoms. The van der Waals surface area contributed by atoms with Crippen molar-refractivity contribution in [1.29, 1.82) is 0 Å². The van der Waals surface area contributed by atoms with Crippen LogP contribution in [0.4, 0.5) is 0 Å². The average Bonchev–Trinajstić information content (AvgIpc) is 2.62. The summed E-state index contributed by atoms with van der Waals surface area (Å²) in [5, 5.41) is 10.1. The van der Waals surface area contributed by atoms with Crippen LogP contribution in [-0.4, -0.2) is 11.7 Å². The minimum atomic E-state index is -0.411. The van der Waals surface area contributed by atoms with Crippen molar-refractivity contribution in [3.63, 3.8) is 0 Å². The van der Waals surface area contributed by atoms with Crippen molar-refractivity contribution in [2.75, 3.05) is 6.61 Å². The number of aliphatic hydroxyl groups is 1. The van der Waals surface area contributed by atoms with Crippen LogP contribution in [-0.2, 0) is 0 Å². The predicted octanol–water partition coefficient (Wildman–Crippen LogP) is 3.56. The molecule has 92 valence electrons. The third-order valence-electron chi connectivity index (χ3n) is 3.36. The molecule has 3 rings (SSSR count). The molecule has 1 heterocycles.